The molecule has 1 N–H and O–H groups in total. The van der Waals surface area contributed by atoms with Crippen molar-refractivity contribution in [2.24, 2.45) is 5.92 Å². The second-order valence-electron chi connectivity index (χ2n) is 5.77. The molecule has 0 spiro atoms. The minimum Gasteiger partial charge on any atom is -0.328 e. The highest BCUT2D eigenvalue weighted by Crippen LogP contribution is 2.33. The predicted octanol–water partition coefficient (Wildman–Crippen LogP) is 3.77. The van der Waals surface area contributed by atoms with Gasteiger partial charge in [-0.1, -0.05) is 30.1 Å². The van der Waals surface area contributed by atoms with Crippen molar-refractivity contribution in [2.45, 2.75) is 19.4 Å². The summed E-state index contributed by atoms with van der Waals surface area (Å²) < 4.78 is 3.48. The number of hydrogen-bond donors (Lipinski definition) is 1. The molecule has 0 radical (unpaired) electrons. The Balaban J connectivity index is 1.81. The molecule has 0 unspecified atom stereocenters. The summed E-state index contributed by atoms with van der Waals surface area (Å²) in [6.07, 6.45) is 2.80. The van der Waals surface area contributed by atoms with E-state index in [0.717, 1.165) is 29.4 Å². The summed E-state index contributed by atoms with van der Waals surface area (Å²) in [7, 11) is 4.14. The van der Waals surface area contributed by atoms with E-state index in [4.69, 9.17) is 4.98 Å². The van der Waals surface area contributed by atoms with Crippen LogP contribution >= 0.6 is 11.9 Å². The van der Waals surface area contributed by atoms with Gasteiger partial charge in [0.25, 0.3) is 0 Å². The van der Waals surface area contributed by atoms with Crippen LogP contribution in [0.4, 0.5) is 5.69 Å². The molecule has 20 heavy (non-hydrogen) atoms. The number of fused-ring (bicyclic) bond motifs is 1. The Morgan fingerprint density at radius 1 is 1.25 bits per heavy atom. The van der Waals surface area contributed by atoms with Crippen LogP contribution < -0.4 is 4.72 Å². The van der Waals surface area contributed by atoms with E-state index in [-0.39, 0.29) is 0 Å². The Labute approximate surface area is 124 Å². The third-order valence-electron chi connectivity index (χ3n) is 3.45. The molecule has 0 amide bonds. The van der Waals surface area contributed by atoms with Crippen molar-refractivity contribution >= 4 is 28.5 Å². The van der Waals surface area contributed by atoms with Crippen molar-refractivity contribution < 1.29 is 0 Å². The number of aromatic nitrogens is 1. The lowest BCUT2D eigenvalue weighted by molar-refractivity contribution is 0.397. The lowest BCUT2D eigenvalue weighted by atomic mass is 10.2. The largest absolute Gasteiger partial charge is 0.328 e. The number of nitrogens with zero attached hydrogens (tertiary/aromatic N) is 2. The van der Waals surface area contributed by atoms with E-state index in [0.29, 0.717) is 0 Å². The van der Waals surface area contributed by atoms with Gasteiger partial charge >= 0.3 is 0 Å². The van der Waals surface area contributed by atoms with Crippen LogP contribution in [0.5, 0.6) is 0 Å². The molecule has 106 valence electrons. The van der Waals surface area contributed by atoms with Gasteiger partial charge in [0.05, 0.1) is 16.9 Å². The normalized spacial score (nSPS) is 14.9. The molecule has 1 saturated carbocycles. The van der Waals surface area contributed by atoms with Crippen LogP contribution in [0, 0.1) is 5.92 Å². The van der Waals surface area contributed by atoms with Crippen molar-refractivity contribution in [2.75, 3.05) is 24.6 Å². The molecular formula is C16H21N3S. The first-order valence-corrected chi connectivity index (χ1v) is 8.12. The fourth-order valence-corrected chi connectivity index (χ4v) is 3.18. The zero-order chi connectivity index (χ0) is 13.9. The third kappa shape index (κ3) is 3.44. The molecule has 1 aromatic heterocycles. The summed E-state index contributed by atoms with van der Waals surface area (Å²) in [6, 6.07) is 10.6. The SMILES string of the molecule is CN(C)Cc1ccc2cccc(NSCC3CC3)c2n1. The van der Waals surface area contributed by atoms with Crippen LogP contribution in [0.3, 0.4) is 0 Å². The molecule has 0 aliphatic heterocycles. The van der Waals surface area contributed by atoms with Crippen molar-refractivity contribution in [3.63, 3.8) is 0 Å². The second kappa shape index (κ2) is 6.02. The highest BCUT2D eigenvalue weighted by molar-refractivity contribution is 8.00. The van der Waals surface area contributed by atoms with Gasteiger partial charge < -0.3 is 9.62 Å². The van der Waals surface area contributed by atoms with Crippen LogP contribution in [0.15, 0.2) is 30.3 Å². The summed E-state index contributed by atoms with van der Waals surface area (Å²) in [5.41, 5.74) is 3.33. The van der Waals surface area contributed by atoms with Gasteiger partial charge in [-0.3, -0.25) is 0 Å². The van der Waals surface area contributed by atoms with E-state index < -0.39 is 0 Å². The maximum Gasteiger partial charge on any atom is 0.0945 e. The first-order valence-electron chi connectivity index (χ1n) is 7.13. The van der Waals surface area contributed by atoms with E-state index in [2.05, 4.69) is 54.0 Å². The van der Waals surface area contributed by atoms with E-state index in [9.17, 15) is 0 Å². The molecule has 0 saturated heterocycles. The van der Waals surface area contributed by atoms with Gasteiger partial charge in [-0.25, -0.2) is 4.98 Å². The Kier molecular flexibility index (Phi) is 4.13. The minimum absolute atomic E-state index is 0.874. The number of para-hydroxylation sites is 1. The molecule has 2 aromatic rings. The molecule has 1 heterocycles. The van der Waals surface area contributed by atoms with Crippen molar-refractivity contribution in [3.8, 4) is 0 Å². The summed E-state index contributed by atoms with van der Waals surface area (Å²) in [5, 5.41) is 1.20. The van der Waals surface area contributed by atoms with E-state index >= 15 is 0 Å². The number of anilines is 1. The Hall–Kier alpha value is -1.26. The number of benzene rings is 1. The highest BCUT2D eigenvalue weighted by atomic mass is 32.2. The second-order valence-corrected chi connectivity index (χ2v) is 6.60. The average Bonchev–Trinajstić information content (AvgIpc) is 3.23. The zero-order valence-corrected chi connectivity index (χ0v) is 12.9. The number of hydrogen-bond acceptors (Lipinski definition) is 4. The molecule has 1 aromatic carbocycles. The lowest BCUT2D eigenvalue weighted by Crippen LogP contribution is -2.11. The Morgan fingerprint density at radius 3 is 2.85 bits per heavy atom. The maximum atomic E-state index is 4.81. The van der Waals surface area contributed by atoms with Crippen LogP contribution in [0.1, 0.15) is 18.5 Å². The first-order chi connectivity index (χ1) is 9.72. The highest BCUT2D eigenvalue weighted by Gasteiger charge is 2.21. The molecule has 1 fully saturated rings. The van der Waals surface area contributed by atoms with Crippen molar-refractivity contribution in [3.05, 3.63) is 36.0 Å². The van der Waals surface area contributed by atoms with E-state index in [1.807, 2.05) is 11.9 Å². The van der Waals surface area contributed by atoms with Crippen LogP contribution in [0.25, 0.3) is 10.9 Å². The average molecular weight is 287 g/mol. The van der Waals surface area contributed by atoms with Gasteiger partial charge in [0.2, 0.25) is 0 Å². The summed E-state index contributed by atoms with van der Waals surface area (Å²) in [6.45, 7) is 0.874. The molecule has 3 nitrogen and oxygen atoms in total. The first kappa shape index (κ1) is 13.7. The quantitative estimate of drug-likeness (QED) is 0.819. The van der Waals surface area contributed by atoms with Gasteiger partial charge in [-0.2, -0.15) is 0 Å². The third-order valence-corrected chi connectivity index (χ3v) is 4.46. The van der Waals surface area contributed by atoms with E-state index in [1.165, 1.54) is 24.0 Å². The van der Waals surface area contributed by atoms with Gasteiger partial charge in [0.1, 0.15) is 0 Å². The van der Waals surface area contributed by atoms with Gasteiger partial charge in [0, 0.05) is 17.7 Å². The molecule has 0 atom stereocenters. The Bertz CT molecular complexity index is 593. The van der Waals surface area contributed by atoms with Crippen molar-refractivity contribution in [1.29, 1.82) is 0 Å². The van der Waals surface area contributed by atoms with Gasteiger partial charge in [-0.15, -0.1) is 0 Å². The monoisotopic (exact) mass is 287 g/mol. The maximum absolute atomic E-state index is 4.81. The number of rotatable bonds is 6. The molecule has 1 aliphatic rings. The summed E-state index contributed by atoms with van der Waals surface area (Å²) in [4.78, 5) is 6.96. The molecule has 0 bridgehead atoms. The van der Waals surface area contributed by atoms with Crippen LogP contribution in [-0.2, 0) is 6.54 Å². The zero-order valence-electron chi connectivity index (χ0n) is 12.1. The summed E-state index contributed by atoms with van der Waals surface area (Å²) in [5.74, 6) is 2.13. The van der Waals surface area contributed by atoms with Gasteiger partial charge in [0.15, 0.2) is 0 Å². The fourth-order valence-electron chi connectivity index (χ4n) is 2.20. The Morgan fingerprint density at radius 2 is 2.10 bits per heavy atom. The van der Waals surface area contributed by atoms with Crippen molar-refractivity contribution in [1.82, 2.24) is 9.88 Å². The predicted molar refractivity (Wildman–Crippen MR) is 87.9 cm³/mol. The molecule has 3 rings (SSSR count). The van der Waals surface area contributed by atoms with Crippen LogP contribution in [0.2, 0.25) is 0 Å². The molecular weight excluding hydrogens is 266 g/mol. The van der Waals surface area contributed by atoms with E-state index in [1.54, 1.807) is 0 Å². The molecule has 1 aliphatic carbocycles. The fraction of sp³-hybridized carbons (Fsp3) is 0.438. The number of pyridine rings is 1. The van der Waals surface area contributed by atoms with Gasteiger partial charge in [-0.05, 0) is 45.0 Å². The smallest absolute Gasteiger partial charge is 0.0945 e. The molecule has 4 heteroatoms. The topological polar surface area (TPSA) is 28.2 Å². The minimum atomic E-state index is 0.874. The standard InChI is InChI=1S/C16H21N3S/c1-19(2)10-14-9-8-13-4-3-5-15(16(13)17-14)18-20-11-12-6-7-12/h3-5,8-9,12,18H,6-7,10-11H2,1-2H3. The summed E-state index contributed by atoms with van der Waals surface area (Å²) >= 11 is 1.81. The number of nitrogens with one attached hydrogen (secondary N) is 1. The van der Waals surface area contributed by atoms with Crippen LogP contribution in [-0.4, -0.2) is 29.7 Å². The lowest BCUT2D eigenvalue weighted by Gasteiger charge is -2.12.